The van der Waals surface area contributed by atoms with Crippen LogP contribution in [-0.4, -0.2) is 58.7 Å². The van der Waals surface area contributed by atoms with Gasteiger partial charge in [0.2, 0.25) is 0 Å². The van der Waals surface area contributed by atoms with E-state index >= 15 is 0 Å². The molecule has 3 aliphatic carbocycles. The number of hydrogen-bond donors (Lipinski definition) is 0. The Morgan fingerprint density at radius 1 is 0.776 bits per heavy atom. The van der Waals surface area contributed by atoms with Crippen LogP contribution in [0.1, 0.15) is 60.9 Å². The molecule has 0 radical (unpaired) electrons. The molecule has 0 saturated heterocycles. The minimum Gasteiger partial charge on any atom is -0.491 e. The number of methoxy groups -OCH3 is 1. The molecule has 0 N–H and O–H groups in total. The van der Waals surface area contributed by atoms with E-state index in [1.807, 2.05) is 42.5 Å². The molecule has 3 aliphatic rings. The molecule has 3 unspecified atom stereocenters. The number of hydrogen-bond acceptors (Lipinski definition) is 8. The maximum atomic E-state index is 13.9. The molecule has 256 valence electrons. The van der Waals surface area contributed by atoms with E-state index in [1.165, 1.54) is 16.7 Å². The van der Waals surface area contributed by atoms with Gasteiger partial charge in [-0.1, -0.05) is 94.1 Å². The van der Waals surface area contributed by atoms with Gasteiger partial charge in [0.15, 0.2) is 0 Å². The summed E-state index contributed by atoms with van der Waals surface area (Å²) in [5, 5.41) is 1.78. The van der Waals surface area contributed by atoms with Crippen molar-refractivity contribution in [2.75, 3.05) is 46.8 Å². The van der Waals surface area contributed by atoms with Gasteiger partial charge in [-0.3, -0.25) is 4.79 Å². The third kappa shape index (κ3) is 6.67. The van der Waals surface area contributed by atoms with Crippen LogP contribution >= 0.6 is 0 Å². The van der Waals surface area contributed by atoms with E-state index in [-0.39, 0.29) is 43.7 Å². The van der Waals surface area contributed by atoms with Crippen molar-refractivity contribution in [3.8, 4) is 11.5 Å². The van der Waals surface area contributed by atoms with Gasteiger partial charge in [0.25, 0.3) is 0 Å². The van der Waals surface area contributed by atoms with Crippen LogP contribution in [0.3, 0.4) is 0 Å². The zero-order valence-corrected chi connectivity index (χ0v) is 28.7. The monoisotopic (exact) mass is 664 g/mol. The van der Waals surface area contributed by atoms with Crippen molar-refractivity contribution in [2.45, 2.75) is 44.1 Å². The Kier molecular flexibility index (Phi) is 10.1. The lowest BCUT2D eigenvalue weighted by molar-refractivity contribution is -0.163. The third-order valence-corrected chi connectivity index (χ3v) is 9.55. The van der Waals surface area contributed by atoms with Gasteiger partial charge in [-0.15, -0.1) is 0 Å². The Morgan fingerprint density at radius 3 is 2.06 bits per heavy atom. The summed E-state index contributed by atoms with van der Waals surface area (Å²) < 4.78 is 34.8. The molecule has 0 amide bonds. The van der Waals surface area contributed by atoms with E-state index in [0.717, 1.165) is 28.0 Å². The minimum absolute atomic E-state index is 0.00298. The maximum Gasteiger partial charge on any atom is 0.330 e. The van der Waals surface area contributed by atoms with Crippen LogP contribution in [-0.2, 0) is 39.6 Å². The molecule has 7 rings (SSSR count). The van der Waals surface area contributed by atoms with Crippen LogP contribution in [0.2, 0.25) is 0 Å². The molecular formula is C41H44O8. The van der Waals surface area contributed by atoms with E-state index in [9.17, 15) is 9.59 Å². The van der Waals surface area contributed by atoms with Crippen molar-refractivity contribution < 1.29 is 38.0 Å². The average Bonchev–Trinajstić information content (AvgIpc) is 3.12. The van der Waals surface area contributed by atoms with E-state index in [2.05, 4.69) is 63.7 Å². The van der Waals surface area contributed by atoms with Crippen molar-refractivity contribution in [2.24, 2.45) is 5.92 Å². The first-order chi connectivity index (χ1) is 23.7. The first-order valence-corrected chi connectivity index (χ1v) is 16.8. The van der Waals surface area contributed by atoms with Crippen molar-refractivity contribution in [1.29, 1.82) is 0 Å². The van der Waals surface area contributed by atoms with Gasteiger partial charge in [0.1, 0.15) is 43.5 Å². The van der Waals surface area contributed by atoms with E-state index in [4.69, 9.17) is 28.4 Å². The Balaban J connectivity index is 1.10. The highest BCUT2D eigenvalue weighted by Gasteiger charge is 2.58. The summed E-state index contributed by atoms with van der Waals surface area (Å²) in [5.74, 6) is 0.193. The van der Waals surface area contributed by atoms with Crippen LogP contribution in [0.5, 0.6) is 11.5 Å². The maximum absolute atomic E-state index is 13.9. The topological polar surface area (TPSA) is 89.5 Å². The Bertz CT molecular complexity index is 1840. The van der Waals surface area contributed by atoms with Gasteiger partial charge >= 0.3 is 11.9 Å². The van der Waals surface area contributed by atoms with Crippen molar-refractivity contribution >= 4 is 22.7 Å². The number of carbonyl (C=O) groups is 2. The van der Waals surface area contributed by atoms with Gasteiger partial charge in [-0.05, 0) is 51.8 Å². The molecule has 4 aromatic carbocycles. The summed E-state index contributed by atoms with van der Waals surface area (Å²) >= 11 is 0. The number of benzene rings is 4. The molecule has 0 saturated carbocycles. The lowest BCUT2D eigenvalue weighted by Gasteiger charge is -2.52. The molecule has 3 atom stereocenters. The largest absolute Gasteiger partial charge is 0.491 e. The second-order valence-electron chi connectivity index (χ2n) is 13.4. The fourth-order valence-corrected chi connectivity index (χ4v) is 7.23. The number of fused-ring (bicyclic) bond motifs is 2. The van der Waals surface area contributed by atoms with Crippen LogP contribution in [0.15, 0.2) is 91.5 Å². The van der Waals surface area contributed by atoms with Crippen molar-refractivity contribution in [3.05, 3.63) is 119 Å². The summed E-state index contributed by atoms with van der Waals surface area (Å²) in [6.07, 6.45) is 1.73. The molecule has 2 bridgehead atoms. The second kappa shape index (κ2) is 14.4. The fourth-order valence-electron chi connectivity index (χ4n) is 7.23. The van der Waals surface area contributed by atoms with E-state index in [1.54, 1.807) is 7.11 Å². The zero-order chi connectivity index (χ0) is 34.6. The number of esters is 2. The van der Waals surface area contributed by atoms with Crippen LogP contribution in [0, 0.1) is 5.92 Å². The van der Waals surface area contributed by atoms with Gasteiger partial charge < -0.3 is 28.4 Å². The minimum atomic E-state index is -0.926. The second-order valence-corrected chi connectivity index (χ2v) is 13.4. The molecule has 0 fully saturated rings. The standard InChI is InChI=1S/C41H44O8/c1-6-38(42)48-22-20-45-19-21-46-36-17-18-37(30-13-8-7-12-29(30)36)47-23-24-49-39(43)35-26-31-28-11-9-10-14-33(28)41(35,44-5)34-16-15-27(25-32(31)34)40(2,3)4/h6-18,25,31,35H,1,19-24,26H2,2-5H3. The van der Waals surface area contributed by atoms with Crippen LogP contribution < -0.4 is 9.47 Å². The molecule has 0 spiro atoms. The predicted molar refractivity (Wildman–Crippen MR) is 187 cm³/mol. The summed E-state index contributed by atoms with van der Waals surface area (Å²) in [6, 6.07) is 26.5. The first-order valence-electron chi connectivity index (χ1n) is 16.8. The molecule has 8 heteroatoms. The lowest BCUT2D eigenvalue weighted by Crippen LogP contribution is -2.52. The van der Waals surface area contributed by atoms with E-state index in [0.29, 0.717) is 31.1 Å². The van der Waals surface area contributed by atoms with E-state index < -0.39 is 17.5 Å². The lowest BCUT2D eigenvalue weighted by atomic mass is 9.56. The molecule has 8 nitrogen and oxygen atoms in total. The van der Waals surface area contributed by atoms with Gasteiger partial charge in [-0.25, -0.2) is 4.79 Å². The average molecular weight is 665 g/mol. The summed E-state index contributed by atoms with van der Waals surface area (Å²) in [6.45, 7) is 11.4. The fraction of sp³-hybridized carbons (Fsp3) is 0.366. The summed E-state index contributed by atoms with van der Waals surface area (Å²) in [5.41, 5.74) is 4.88. The normalized spacial score (nSPS) is 19.1. The highest BCUT2D eigenvalue weighted by atomic mass is 16.6. The molecule has 4 aromatic rings. The first kappa shape index (κ1) is 34.2. The van der Waals surface area contributed by atoms with Gasteiger partial charge in [0, 0.05) is 29.9 Å². The Hall–Kier alpha value is -4.66. The van der Waals surface area contributed by atoms with Gasteiger partial charge in [0.05, 0.1) is 19.1 Å². The van der Waals surface area contributed by atoms with Crippen molar-refractivity contribution in [1.82, 2.24) is 0 Å². The summed E-state index contributed by atoms with van der Waals surface area (Å²) in [4.78, 5) is 25.0. The third-order valence-electron chi connectivity index (χ3n) is 9.55. The quantitative estimate of drug-likeness (QED) is 0.0792. The summed E-state index contributed by atoms with van der Waals surface area (Å²) in [7, 11) is 1.70. The van der Waals surface area contributed by atoms with Gasteiger partial charge in [-0.2, -0.15) is 0 Å². The van der Waals surface area contributed by atoms with Crippen LogP contribution in [0.25, 0.3) is 10.8 Å². The molecule has 49 heavy (non-hydrogen) atoms. The number of ether oxygens (including phenoxy) is 6. The zero-order valence-electron chi connectivity index (χ0n) is 28.7. The highest BCUT2D eigenvalue weighted by molar-refractivity contribution is 5.93. The highest BCUT2D eigenvalue weighted by Crippen LogP contribution is 2.60. The Labute approximate surface area is 287 Å². The number of rotatable bonds is 14. The molecular weight excluding hydrogens is 620 g/mol. The van der Waals surface area contributed by atoms with Crippen molar-refractivity contribution in [3.63, 3.8) is 0 Å². The number of carbonyl (C=O) groups excluding carboxylic acids is 2. The Morgan fingerprint density at radius 2 is 1.39 bits per heavy atom. The molecule has 0 aromatic heterocycles. The smallest absolute Gasteiger partial charge is 0.330 e. The SMILES string of the molecule is C=CC(=O)OCCOCCOc1ccc(OCCOC(=O)C2CC3c4ccccc4C2(OC)c2ccc(C(C)(C)C)cc23)c2ccccc12. The molecule has 0 heterocycles. The predicted octanol–water partition coefficient (Wildman–Crippen LogP) is 7.24. The molecule has 0 aliphatic heterocycles. The van der Waals surface area contributed by atoms with Crippen LogP contribution in [0.4, 0.5) is 0 Å².